The first kappa shape index (κ1) is 19.4. The molecule has 0 aromatic heterocycles. The Labute approximate surface area is 166 Å². The molecule has 8 heteroatoms. The highest BCUT2D eigenvalue weighted by atomic mass is 35.5. The van der Waals surface area contributed by atoms with Gasteiger partial charge < -0.3 is 9.47 Å². The number of imide groups is 2. The number of ether oxygens (including phenoxy) is 2. The fraction of sp³-hybridized carbons (Fsp3) is 0.150. The van der Waals surface area contributed by atoms with E-state index >= 15 is 0 Å². The summed E-state index contributed by atoms with van der Waals surface area (Å²) in [5.74, 6) is -1.12. The summed E-state index contributed by atoms with van der Waals surface area (Å²) in [4.78, 5) is 38.6. The molecule has 1 N–H and O–H groups in total. The average Bonchev–Trinajstić information content (AvgIpc) is 2.67. The fourth-order valence-electron chi connectivity index (χ4n) is 2.80. The molecule has 0 spiro atoms. The van der Waals surface area contributed by atoms with E-state index in [2.05, 4.69) is 5.32 Å². The normalized spacial score (nSPS) is 15.6. The summed E-state index contributed by atoms with van der Waals surface area (Å²) in [6, 6.07) is 9.21. The molecular weight excluding hydrogens is 384 g/mol. The summed E-state index contributed by atoms with van der Waals surface area (Å²) >= 11 is 6.09. The van der Waals surface area contributed by atoms with Gasteiger partial charge in [0.2, 0.25) is 0 Å². The van der Waals surface area contributed by atoms with Gasteiger partial charge in [-0.05, 0) is 24.1 Å². The number of urea groups is 1. The average molecular weight is 401 g/mol. The first-order valence-corrected chi connectivity index (χ1v) is 8.63. The number of amides is 4. The maximum absolute atomic E-state index is 13.1. The minimum atomic E-state index is -0.889. The summed E-state index contributed by atoms with van der Waals surface area (Å²) in [5.41, 5.74) is 1.50. The monoisotopic (exact) mass is 400 g/mol. The van der Waals surface area contributed by atoms with Crippen LogP contribution in [0.15, 0.2) is 42.0 Å². The summed E-state index contributed by atoms with van der Waals surface area (Å²) in [6.45, 7) is 1.85. The molecule has 0 aliphatic carbocycles. The first-order chi connectivity index (χ1) is 13.4. The van der Waals surface area contributed by atoms with E-state index in [0.29, 0.717) is 5.56 Å². The fourth-order valence-corrected chi connectivity index (χ4v) is 3.03. The van der Waals surface area contributed by atoms with Crippen LogP contribution in [0.2, 0.25) is 5.02 Å². The minimum Gasteiger partial charge on any atom is -0.495 e. The number of nitrogens with zero attached hydrogens (tertiary/aromatic N) is 1. The van der Waals surface area contributed by atoms with Gasteiger partial charge in [0, 0.05) is 12.1 Å². The van der Waals surface area contributed by atoms with Crippen LogP contribution < -0.4 is 19.7 Å². The van der Waals surface area contributed by atoms with Crippen LogP contribution in [0.1, 0.15) is 11.1 Å². The molecular formula is C20H17ClN2O5. The van der Waals surface area contributed by atoms with Gasteiger partial charge in [0.05, 0.1) is 24.9 Å². The first-order valence-electron chi connectivity index (χ1n) is 8.26. The van der Waals surface area contributed by atoms with Crippen molar-refractivity contribution in [3.63, 3.8) is 0 Å². The van der Waals surface area contributed by atoms with Crippen molar-refractivity contribution < 1.29 is 23.9 Å². The Morgan fingerprint density at radius 2 is 1.71 bits per heavy atom. The predicted octanol–water partition coefficient (Wildman–Crippen LogP) is 3.33. The lowest BCUT2D eigenvalue weighted by molar-refractivity contribution is -0.122. The molecule has 28 heavy (non-hydrogen) atoms. The van der Waals surface area contributed by atoms with Crippen molar-refractivity contribution in [3.8, 4) is 11.5 Å². The Kier molecular flexibility index (Phi) is 5.37. The molecule has 0 unspecified atom stereocenters. The van der Waals surface area contributed by atoms with Gasteiger partial charge in [-0.3, -0.25) is 14.9 Å². The Morgan fingerprint density at radius 3 is 2.36 bits per heavy atom. The number of benzene rings is 2. The lowest BCUT2D eigenvalue weighted by Gasteiger charge is -2.28. The number of rotatable bonds is 4. The van der Waals surface area contributed by atoms with Crippen molar-refractivity contribution in [3.05, 3.63) is 58.1 Å². The second-order valence-corrected chi connectivity index (χ2v) is 6.38. The highest BCUT2D eigenvalue weighted by Gasteiger charge is 2.38. The van der Waals surface area contributed by atoms with Crippen LogP contribution in [0.25, 0.3) is 6.08 Å². The molecule has 0 bridgehead atoms. The van der Waals surface area contributed by atoms with Crippen LogP contribution in [0, 0.1) is 6.92 Å². The molecule has 0 radical (unpaired) electrons. The van der Waals surface area contributed by atoms with E-state index < -0.39 is 17.8 Å². The molecule has 1 aliphatic heterocycles. The SMILES string of the molecule is COc1cc(N2C(=O)NC(=O)/C(=C\c3ccccc3C)C2=O)c(OC)cc1Cl. The number of barbiturate groups is 1. The van der Waals surface area contributed by atoms with Gasteiger partial charge in [-0.1, -0.05) is 35.9 Å². The molecule has 2 aromatic rings. The van der Waals surface area contributed by atoms with E-state index in [1.54, 1.807) is 12.1 Å². The quantitative estimate of drug-likeness (QED) is 0.628. The summed E-state index contributed by atoms with van der Waals surface area (Å²) < 4.78 is 10.4. The largest absolute Gasteiger partial charge is 0.495 e. The number of carbonyl (C=O) groups excluding carboxylic acids is 3. The summed E-state index contributed by atoms with van der Waals surface area (Å²) in [6.07, 6.45) is 1.45. The van der Waals surface area contributed by atoms with E-state index in [1.165, 1.54) is 32.4 Å². The predicted molar refractivity (Wildman–Crippen MR) is 105 cm³/mol. The molecule has 1 aliphatic rings. The third-order valence-electron chi connectivity index (χ3n) is 4.28. The highest BCUT2D eigenvalue weighted by molar-refractivity contribution is 6.39. The van der Waals surface area contributed by atoms with Crippen LogP contribution >= 0.6 is 11.6 Å². The summed E-state index contributed by atoms with van der Waals surface area (Å²) in [7, 11) is 2.78. The topological polar surface area (TPSA) is 84.9 Å². The zero-order chi connectivity index (χ0) is 20.4. The van der Waals surface area contributed by atoms with Gasteiger partial charge in [-0.25, -0.2) is 9.69 Å². The van der Waals surface area contributed by atoms with Crippen LogP contribution in [0.3, 0.4) is 0 Å². The van der Waals surface area contributed by atoms with E-state index in [0.717, 1.165) is 10.5 Å². The zero-order valence-corrected chi connectivity index (χ0v) is 16.2. The van der Waals surface area contributed by atoms with Gasteiger partial charge in [0.25, 0.3) is 11.8 Å². The number of nitrogens with one attached hydrogen (secondary N) is 1. The van der Waals surface area contributed by atoms with E-state index in [1.807, 2.05) is 19.1 Å². The Hall–Kier alpha value is -3.32. The van der Waals surface area contributed by atoms with Gasteiger partial charge in [0.1, 0.15) is 17.1 Å². The smallest absolute Gasteiger partial charge is 0.336 e. The number of hydrogen-bond acceptors (Lipinski definition) is 5. The molecule has 1 heterocycles. The maximum atomic E-state index is 13.1. The second-order valence-electron chi connectivity index (χ2n) is 5.97. The second kappa shape index (κ2) is 7.74. The Balaban J connectivity index is 2.12. The van der Waals surface area contributed by atoms with Crippen molar-refractivity contribution in [2.24, 2.45) is 0 Å². The van der Waals surface area contributed by atoms with Gasteiger partial charge in [-0.2, -0.15) is 0 Å². The maximum Gasteiger partial charge on any atom is 0.336 e. The third-order valence-corrected chi connectivity index (χ3v) is 4.58. The molecule has 1 saturated heterocycles. The Morgan fingerprint density at radius 1 is 1.04 bits per heavy atom. The number of halogens is 1. The van der Waals surface area contributed by atoms with Crippen molar-refractivity contribution in [1.82, 2.24) is 5.32 Å². The third kappa shape index (κ3) is 3.44. The van der Waals surface area contributed by atoms with Crippen LogP contribution in [0.4, 0.5) is 10.5 Å². The van der Waals surface area contributed by atoms with Gasteiger partial charge >= 0.3 is 6.03 Å². The van der Waals surface area contributed by atoms with E-state index in [4.69, 9.17) is 21.1 Å². The number of aryl methyl sites for hydroxylation is 1. The van der Waals surface area contributed by atoms with Gasteiger partial charge in [-0.15, -0.1) is 0 Å². The lowest BCUT2D eigenvalue weighted by atomic mass is 10.0. The lowest BCUT2D eigenvalue weighted by Crippen LogP contribution is -2.54. The standard InChI is InChI=1S/C20H17ClN2O5/c1-11-6-4-5-7-12(11)8-13-18(24)22-20(26)23(19(13)25)15-10-16(27-2)14(21)9-17(15)28-3/h4-10H,1-3H3,(H,22,24,26)/b13-8+. The molecule has 0 saturated carbocycles. The molecule has 3 rings (SSSR count). The molecule has 144 valence electrons. The number of anilines is 1. The van der Waals surface area contributed by atoms with Crippen molar-refractivity contribution >= 4 is 41.2 Å². The molecule has 1 fully saturated rings. The van der Waals surface area contributed by atoms with Crippen molar-refractivity contribution in [2.45, 2.75) is 6.92 Å². The highest BCUT2D eigenvalue weighted by Crippen LogP contribution is 2.39. The van der Waals surface area contributed by atoms with Crippen LogP contribution in [-0.4, -0.2) is 32.1 Å². The van der Waals surface area contributed by atoms with Crippen molar-refractivity contribution in [1.29, 1.82) is 0 Å². The zero-order valence-electron chi connectivity index (χ0n) is 15.4. The van der Waals surface area contributed by atoms with Gasteiger partial charge in [0.15, 0.2) is 0 Å². The van der Waals surface area contributed by atoms with Crippen LogP contribution in [0.5, 0.6) is 11.5 Å². The number of carbonyl (C=O) groups is 3. The number of methoxy groups -OCH3 is 2. The minimum absolute atomic E-state index is 0.106. The van der Waals surface area contributed by atoms with Crippen molar-refractivity contribution in [2.75, 3.05) is 19.1 Å². The van der Waals surface area contributed by atoms with E-state index in [-0.39, 0.29) is 27.8 Å². The summed E-state index contributed by atoms with van der Waals surface area (Å²) in [5, 5.41) is 2.43. The van der Waals surface area contributed by atoms with Crippen LogP contribution in [-0.2, 0) is 9.59 Å². The molecule has 2 aromatic carbocycles. The molecule has 0 atom stereocenters. The molecule has 4 amide bonds. The Bertz CT molecular complexity index is 1020. The number of hydrogen-bond donors (Lipinski definition) is 1. The molecule has 7 nitrogen and oxygen atoms in total. The van der Waals surface area contributed by atoms with E-state index in [9.17, 15) is 14.4 Å².